The Morgan fingerprint density at radius 3 is 2.24 bits per heavy atom. The fraction of sp³-hybridized carbons (Fsp3) is 0.139. The number of urea groups is 1. The molecule has 0 saturated heterocycles. The van der Waals surface area contributed by atoms with Crippen molar-refractivity contribution in [1.82, 2.24) is 10.3 Å². The van der Waals surface area contributed by atoms with Crippen LogP contribution in [0.1, 0.15) is 41.1 Å². The van der Waals surface area contributed by atoms with E-state index in [9.17, 15) is 9.59 Å². The number of benzene rings is 4. The van der Waals surface area contributed by atoms with Gasteiger partial charge in [0.1, 0.15) is 5.69 Å². The topological polar surface area (TPSA) is 84.2 Å². The fourth-order valence-corrected chi connectivity index (χ4v) is 5.43. The molecule has 3 amide bonds. The number of anilines is 1. The van der Waals surface area contributed by atoms with Gasteiger partial charge in [0.25, 0.3) is 5.91 Å². The van der Waals surface area contributed by atoms with E-state index in [1.165, 1.54) is 0 Å². The van der Waals surface area contributed by atoms with Crippen LogP contribution in [0.3, 0.4) is 0 Å². The lowest BCUT2D eigenvalue weighted by Gasteiger charge is -2.22. The molecule has 0 bridgehead atoms. The van der Waals surface area contributed by atoms with Crippen LogP contribution in [0.25, 0.3) is 28.2 Å². The molecule has 0 radical (unpaired) electrons. The van der Waals surface area contributed by atoms with Gasteiger partial charge in [-0.05, 0) is 61.4 Å². The van der Waals surface area contributed by atoms with Crippen molar-refractivity contribution in [2.75, 3.05) is 5.32 Å². The second kappa shape index (κ2) is 12.5. The zero-order valence-electron chi connectivity index (χ0n) is 23.1. The summed E-state index contributed by atoms with van der Waals surface area (Å²) in [6.45, 7) is 0. The number of hydrogen-bond donors (Lipinski definition) is 2. The van der Waals surface area contributed by atoms with Gasteiger partial charge in [-0.1, -0.05) is 97.1 Å². The first-order valence-electron chi connectivity index (χ1n) is 14.2. The number of oxazole rings is 1. The minimum Gasteiger partial charge on any atom is -0.436 e. The summed E-state index contributed by atoms with van der Waals surface area (Å²) in [6.07, 6.45) is 6.11. The maximum Gasteiger partial charge on any atom is 0.326 e. The van der Waals surface area contributed by atoms with Crippen LogP contribution in [0.15, 0.2) is 126 Å². The van der Waals surface area contributed by atoms with Gasteiger partial charge in [-0.25, -0.2) is 9.78 Å². The molecule has 6 heteroatoms. The van der Waals surface area contributed by atoms with Gasteiger partial charge in [0, 0.05) is 28.0 Å². The Kier molecular flexibility index (Phi) is 8.04. The Morgan fingerprint density at radius 1 is 0.810 bits per heavy atom. The predicted octanol–water partition coefficient (Wildman–Crippen LogP) is 8.40. The Morgan fingerprint density at radius 2 is 1.50 bits per heavy atom. The summed E-state index contributed by atoms with van der Waals surface area (Å²) in [7, 11) is 0. The van der Waals surface area contributed by atoms with Crippen LogP contribution >= 0.6 is 0 Å². The van der Waals surface area contributed by atoms with Gasteiger partial charge in [0.2, 0.25) is 5.89 Å². The molecule has 1 aliphatic rings. The monoisotopic (exact) mass is 553 g/mol. The molecule has 2 N–H and O–H groups in total. The SMILES string of the molecule is O=C(NC(=O)c1ccccc1)Nc1cccc(CC2CCCC=C2c2nc(-c3ccccc3)c(-c3ccccc3)o2)c1. The van der Waals surface area contributed by atoms with E-state index in [1.54, 1.807) is 24.3 Å². The van der Waals surface area contributed by atoms with E-state index in [-0.39, 0.29) is 5.92 Å². The molecular formula is C36H31N3O3. The second-order valence-corrected chi connectivity index (χ2v) is 10.4. The van der Waals surface area contributed by atoms with Crippen LogP contribution < -0.4 is 10.6 Å². The maximum absolute atomic E-state index is 12.5. The Balaban J connectivity index is 1.21. The van der Waals surface area contributed by atoms with Crippen LogP contribution in [0.2, 0.25) is 0 Å². The van der Waals surface area contributed by atoms with E-state index < -0.39 is 11.9 Å². The largest absolute Gasteiger partial charge is 0.436 e. The van der Waals surface area contributed by atoms with E-state index in [4.69, 9.17) is 9.40 Å². The zero-order chi connectivity index (χ0) is 28.7. The lowest BCUT2D eigenvalue weighted by molar-refractivity contribution is 0.0967. The van der Waals surface area contributed by atoms with Gasteiger partial charge in [-0.2, -0.15) is 0 Å². The van der Waals surface area contributed by atoms with Crippen LogP contribution in [0, 0.1) is 5.92 Å². The van der Waals surface area contributed by atoms with Crippen molar-refractivity contribution < 1.29 is 14.0 Å². The minimum absolute atomic E-state index is 0.216. The highest BCUT2D eigenvalue weighted by Crippen LogP contribution is 2.40. The quantitative estimate of drug-likeness (QED) is 0.212. The summed E-state index contributed by atoms with van der Waals surface area (Å²) >= 11 is 0. The van der Waals surface area contributed by atoms with Gasteiger partial charge in [0.05, 0.1) is 0 Å². The first-order chi connectivity index (χ1) is 20.6. The van der Waals surface area contributed by atoms with E-state index in [2.05, 4.69) is 34.9 Å². The molecule has 1 aromatic heterocycles. The van der Waals surface area contributed by atoms with Crippen LogP contribution in [-0.4, -0.2) is 16.9 Å². The van der Waals surface area contributed by atoms with Gasteiger partial charge in [0.15, 0.2) is 5.76 Å². The highest BCUT2D eigenvalue weighted by molar-refractivity contribution is 6.07. The van der Waals surface area contributed by atoms with Crippen molar-refractivity contribution in [3.8, 4) is 22.6 Å². The summed E-state index contributed by atoms with van der Waals surface area (Å²) in [5.74, 6) is 1.19. The lowest BCUT2D eigenvalue weighted by Crippen LogP contribution is -2.34. The Hall–Kier alpha value is -5.23. The molecule has 0 spiro atoms. The average molecular weight is 554 g/mol. The van der Waals surface area contributed by atoms with Gasteiger partial charge in [-0.15, -0.1) is 0 Å². The molecule has 6 nitrogen and oxygen atoms in total. The van der Waals surface area contributed by atoms with Gasteiger partial charge < -0.3 is 9.73 Å². The first kappa shape index (κ1) is 27.0. The maximum atomic E-state index is 12.5. The van der Waals surface area contributed by atoms with Crippen molar-refractivity contribution in [2.24, 2.45) is 5.92 Å². The molecule has 1 heterocycles. The third-order valence-electron chi connectivity index (χ3n) is 7.45. The molecular weight excluding hydrogens is 522 g/mol. The molecule has 1 atom stereocenters. The number of rotatable bonds is 7. The zero-order valence-corrected chi connectivity index (χ0v) is 23.1. The van der Waals surface area contributed by atoms with Crippen molar-refractivity contribution in [2.45, 2.75) is 25.7 Å². The van der Waals surface area contributed by atoms with E-state index >= 15 is 0 Å². The van der Waals surface area contributed by atoms with Crippen LogP contribution in [0.4, 0.5) is 10.5 Å². The minimum atomic E-state index is -0.569. The molecule has 1 unspecified atom stereocenters. The predicted molar refractivity (Wildman–Crippen MR) is 166 cm³/mol. The standard InChI is InChI=1S/C36H31N3O3/c40-34(28-18-8-3-9-19-28)39-36(41)37-30-21-12-13-25(24-30)23-29-20-10-11-22-31(29)35-38-32(26-14-4-1-5-15-26)33(42-35)27-16-6-2-7-17-27/h1-9,12-19,21-22,24,29H,10-11,20,23H2,(H2,37,39,40,41). The summed E-state index contributed by atoms with van der Waals surface area (Å²) in [6, 6.07) is 36.1. The highest BCUT2D eigenvalue weighted by atomic mass is 16.4. The third kappa shape index (κ3) is 6.23. The van der Waals surface area contributed by atoms with E-state index in [1.807, 2.05) is 72.8 Å². The van der Waals surface area contributed by atoms with Crippen molar-refractivity contribution in [3.63, 3.8) is 0 Å². The molecule has 42 heavy (non-hydrogen) atoms. The van der Waals surface area contributed by atoms with Gasteiger partial charge in [-0.3, -0.25) is 10.1 Å². The number of carbonyl (C=O) groups is 2. The Labute approximate surface area is 245 Å². The number of nitrogens with zero attached hydrogens (tertiary/aromatic N) is 1. The molecule has 1 aliphatic carbocycles. The van der Waals surface area contributed by atoms with Gasteiger partial charge >= 0.3 is 6.03 Å². The molecule has 0 saturated carbocycles. The number of nitrogens with one attached hydrogen (secondary N) is 2. The molecule has 6 rings (SSSR count). The summed E-state index contributed by atoms with van der Waals surface area (Å²) in [5, 5.41) is 5.18. The molecule has 0 fully saturated rings. The summed E-state index contributed by atoms with van der Waals surface area (Å²) in [4.78, 5) is 29.9. The molecule has 0 aliphatic heterocycles. The fourth-order valence-electron chi connectivity index (χ4n) is 5.43. The third-order valence-corrected chi connectivity index (χ3v) is 7.45. The molecule has 5 aromatic rings. The normalized spacial score (nSPS) is 14.6. The van der Waals surface area contributed by atoms with E-state index in [0.29, 0.717) is 17.1 Å². The van der Waals surface area contributed by atoms with Crippen molar-refractivity contribution >= 4 is 23.2 Å². The highest BCUT2D eigenvalue weighted by Gasteiger charge is 2.26. The lowest BCUT2D eigenvalue weighted by atomic mass is 9.83. The number of hydrogen-bond acceptors (Lipinski definition) is 4. The first-order valence-corrected chi connectivity index (χ1v) is 14.2. The van der Waals surface area contributed by atoms with Crippen molar-refractivity contribution in [3.05, 3.63) is 138 Å². The number of imide groups is 1. The second-order valence-electron chi connectivity index (χ2n) is 10.4. The van der Waals surface area contributed by atoms with Crippen LogP contribution in [-0.2, 0) is 6.42 Å². The summed E-state index contributed by atoms with van der Waals surface area (Å²) < 4.78 is 6.54. The van der Waals surface area contributed by atoms with E-state index in [0.717, 1.165) is 59.4 Å². The Bertz CT molecular complexity index is 1650. The number of allylic oxidation sites excluding steroid dienone is 2. The smallest absolute Gasteiger partial charge is 0.326 e. The summed E-state index contributed by atoms with van der Waals surface area (Å²) in [5.41, 5.74) is 6.09. The number of aromatic nitrogens is 1. The molecule has 208 valence electrons. The molecule has 4 aromatic carbocycles. The van der Waals surface area contributed by atoms with Crippen LogP contribution in [0.5, 0.6) is 0 Å². The average Bonchev–Trinajstić information content (AvgIpc) is 3.48. The number of amides is 3. The number of carbonyl (C=O) groups excluding carboxylic acids is 2. The van der Waals surface area contributed by atoms with Crippen molar-refractivity contribution in [1.29, 1.82) is 0 Å².